The lowest BCUT2D eigenvalue weighted by atomic mass is 10.2. The number of alkyl carbamates (subject to hydrolysis) is 1. The zero-order valence-corrected chi connectivity index (χ0v) is 14.8. The van der Waals surface area contributed by atoms with E-state index in [1.807, 2.05) is 0 Å². The van der Waals surface area contributed by atoms with Gasteiger partial charge in [0.1, 0.15) is 28.7 Å². The monoisotopic (exact) mass is 347 g/mol. The lowest BCUT2D eigenvalue weighted by Gasteiger charge is -2.20. The molecule has 1 amide bonds. The highest BCUT2D eigenvalue weighted by molar-refractivity contribution is 5.67. The summed E-state index contributed by atoms with van der Waals surface area (Å²) in [5.74, 6) is 1.30. The molecular formula is C19H22FNO4. The summed E-state index contributed by atoms with van der Waals surface area (Å²) in [7, 11) is 1.54. The molecule has 1 N–H and O–H groups in total. The first-order valence-electron chi connectivity index (χ1n) is 7.84. The molecule has 0 aromatic heterocycles. The molecule has 2 aromatic rings. The van der Waals surface area contributed by atoms with E-state index in [2.05, 4.69) is 5.32 Å². The molecule has 0 fully saturated rings. The molecule has 0 radical (unpaired) electrons. The van der Waals surface area contributed by atoms with Crippen molar-refractivity contribution in [3.8, 4) is 17.2 Å². The summed E-state index contributed by atoms with van der Waals surface area (Å²) >= 11 is 0. The van der Waals surface area contributed by atoms with Crippen molar-refractivity contribution in [3.05, 3.63) is 53.8 Å². The van der Waals surface area contributed by atoms with E-state index in [1.54, 1.807) is 51.1 Å². The van der Waals surface area contributed by atoms with E-state index in [0.29, 0.717) is 17.2 Å². The van der Waals surface area contributed by atoms with Crippen molar-refractivity contribution >= 4 is 6.09 Å². The van der Waals surface area contributed by atoms with Crippen LogP contribution in [-0.4, -0.2) is 18.8 Å². The van der Waals surface area contributed by atoms with Crippen LogP contribution in [0.1, 0.15) is 26.3 Å². The normalized spacial score (nSPS) is 10.9. The first kappa shape index (κ1) is 18.6. The van der Waals surface area contributed by atoms with Gasteiger partial charge in [-0.3, -0.25) is 0 Å². The highest BCUT2D eigenvalue weighted by Crippen LogP contribution is 2.28. The zero-order chi connectivity index (χ0) is 18.4. The van der Waals surface area contributed by atoms with E-state index < -0.39 is 11.7 Å². The molecule has 0 spiro atoms. The van der Waals surface area contributed by atoms with Crippen LogP contribution < -0.4 is 14.8 Å². The topological polar surface area (TPSA) is 56.8 Å². The van der Waals surface area contributed by atoms with Gasteiger partial charge in [-0.25, -0.2) is 9.18 Å². The van der Waals surface area contributed by atoms with Gasteiger partial charge in [0.05, 0.1) is 7.11 Å². The minimum absolute atomic E-state index is 0.259. The van der Waals surface area contributed by atoms with E-state index >= 15 is 0 Å². The Morgan fingerprint density at radius 3 is 2.32 bits per heavy atom. The number of nitrogens with one attached hydrogen (secondary N) is 1. The van der Waals surface area contributed by atoms with E-state index in [0.717, 1.165) is 5.56 Å². The SMILES string of the molecule is COc1cc(Oc2ccc(F)cc2)ccc1CNC(=O)OC(C)(C)C. The third kappa shape index (κ3) is 5.99. The van der Waals surface area contributed by atoms with Crippen molar-refractivity contribution < 1.29 is 23.4 Å². The van der Waals surface area contributed by atoms with Crippen LogP contribution in [0.3, 0.4) is 0 Å². The smallest absolute Gasteiger partial charge is 0.407 e. The minimum Gasteiger partial charge on any atom is -0.496 e. The molecule has 0 atom stereocenters. The number of methoxy groups -OCH3 is 1. The van der Waals surface area contributed by atoms with Gasteiger partial charge in [0.25, 0.3) is 0 Å². The molecule has 0 saturated heterocycles. The third-order valence-electron chi connectivity index (χ3n) is 3.13. The molecule has 134 valence electrons. The number of hydrogen-bond donors (Lipinski definition) is 1. The molecule has 5 nitrogen and oxygen atoms in total. The van der Waals surface area contributed by atoms with Gasteiger partial charge in [0, 0.05) is 18.2 Å². The maximum absolute atomic E-state index is 12.9. The highest BCUT2D eigenvalue weighted by atomic mass is 19.1. The van der Waals surface area contributed by atoms with Gasteiger partial charge in [-0.2, -0.15) is 0 Å². The van der Waals surface area contributed by atoms with Crippen LogP contribution in [0.4, 0.5) is 9.18 Å². The van der Waals surface area contributed by atoms with E-state index in [-0.39, 0.29) is 12.4 Å². The first-order chi connectivity index (χ1) is 11.8. The molecule has 0 heterocycles. The molecule has 0 aliphatic rings. The molecule has 25 heavy (non-hydrogen) atoms. The number of amides is 1. The second-order valence-corrected chi connectivity index (χ2v) is 6.39. The number of benzene rings is 2. The van der Waals surface area contributed by atoms with Crippen LogP contribution in [0.2, 0.25) is 0 Å². The van der Waals surface area contributed by atoms with Crippen LogP contribution >= 0.6 is 0 Å². The molecule has 0 aliphatic heterocycles. The Morgan fingerprint density at radius 1 is 1.08 bits per heavy atom. The number of ether oxygens (including phenoxy) is 3. The summed E-state index contributed by atoms with van der Waals surface area (Å²) in [6, 6.07) is 11.0. The molecular weight excluding hydrogens is 325 g/mol. The Labute approximate surface area is 146 Å². The maximum Gasteiger partial charge on any atom is 0.407 e. The van der Waals surface area contributed by atoms with E-state index in [4.69, 9.17) is 14.2 Å². The fraction of sp³-hybridized carbons (Fsp3) is 0.316. The Balaban J connectivity index is 2.03. The number of halogens is 1. The van der Waals surface area contributed by atoms with E-state index in [9.17, 15) is 9.18 Å². The standard InChI is InChI=1S/C19H22FNO4/c1-19(2,3)25-18(22)21-12-13-5-8-16(11-17(13)23-4)24-15-9-6-14(20)7-10-15/h5-11H,12H2,1-4H3,(H,21,22). The molecule has 0 bridgehead atoms. The van der Waals surface area contributed by atoms with Gasteiger partial charge in [-0.15, -0.1) is 0 Å². The van der Waals surface area contributed by atoms with Crippen molar-refractivity contribution in [1.82, 2.24) is 5.32 Å². The molecule has 2 rings (SSSR count). The average molecular weight is 347 g/mol. The molecule has 0 saturated carbocycles. The van der Waals surface area contributed by atoms with Gasteiger partial charge < -0.3 is 19.5 Å². The molecule has 2 aromatic carbocycles. The second-order valence-electron chi connectivity index (χ2n) is 6.39. The minimum atomic E-state index is -0.555. The van der Waals surface area contributed by atoms with Crippen LogP contribution in [0, 0.1) is 5.82 Å². The number of hydrogen-bond acceptors (Lipinski definition) is 4. The lowest BCUT2D eigenvalue weighted by molar-refractivity contribution is 0.0523. The third-order valence-corrected chi connectivity index (χ3v) is 3.13. The summed E-state index contributed by atoms with van der Waals surface area (Å²) in [6.07, 6.45) is -0.499. The van der Waals surface area contributed by atoms with E-state index in [1.165, 1.54) is 19.2 Å². The van der Waals surface area contributed by atoms with Gasteiger partial charge >= 0.3 is 6.09 Å². The first-order valence-corrected chi connectivity index (χ1v) is 7.84. The number of carbonyl (C=O) groups is 1. The summed E-state index contributed by atoms with van der Waals surface area (Å²) in [4.78, 5) is 11.7. The molecule has 0 unspecified atom stereocenters. The number of rotatable bonds is 5. The second kappa shape index (κ2) is 7.88. The average Bonchev–Trinajstić information content (AvgIpc) is 2.54. The molecule has 0 aliphatic carbocycles. The van der Waals surface area contributed by atoms with Crippen LogP contribution in [-0.2, 0) is 11.3 Å². The van der Waals surface area contributed by atoms with Crippen molar-refractivity contribution in [2.75, 3.05) is 7.11 Å². The Hall–Kier alpha value is -2.76. The van der Waals surface area contributed by atoms with Crippen molar-refractivity contribution in [3.63, 3.8) is 0 Å². The summed E-state index contributed by atoms with van der Waals surface area (Å²) in [5.41, 5.74) is 0.223. The van der Waals surface area contributed by atoms with Gasteiger partial charge in [0.2, 0.25) is 0 Å². The molecule has 6 heteroatoms. The predicted octanol–water partition coefficient (Wildman–Crippen LogP) is 4.65. The number of carbonyl (C=O) groups excluding carboxylic acids is 1. The van der Waals surface area contributed by atoms with Crippen molar-refractivity contribution in [1.29, 1.82) is 0 Å². The van der Waals surface area contributed by atoms with Gasteiger partial charge in [0.15, 0.2) is 0 Å². The van der Waals surface area contributed by atoms with Crippen LogP contribution in [0.15, 0.2) is 42.5 Å². The predicted molar refractivity (Wildman–Crippen MR) is 92.5 cm³/mol. The Kier molecular flexibility index (Phi) is 5.85. The van der Waals surface area contributed by atoms with Crippen molar-refractivity contribution in [2.24, 2.45) is 0 Å². The zero-order valence-electron chi connectivity index (χ0n) is 14.8. The summed E-state index contributed by atoms with van der Waals surface area (Å²) < 4.78 is 29.1. The maximum atomic E-state index is 12.9. The van der Waals surface area contributed by atoms with Gasteiger partial charge in [-0.1, -0.05) is 0 Å². The largest absolute Gasteiger partial charge is 0.496 e. The van der Waals surface area contributed by atoms with Gasteiger partial charge in [-0.05, 0) is 57.2 Å². The highest BCUT2D eigenvalue weighted by Gasteiger charge is 2.16. The van der Waals surface area contributed by atoms with Crippen molar-refractivity contribution in [2.45, 2.75) is 32.9 Å². The fourth-order valence-electron chi connectivity index (χ4n) is 2.05. The van der Waals surface area contributed by atoms with Crippen LogP contribution in [0.5, 0.6) is 17.2 Å². The van der Waals surface area contributed by atoms with Crippen LogP contribution in [0.25, 0.3) is 0 Å². The Morgan fingerprint density at radius 2 is 1.72 bits per heavy atom. The quantitative estimate of drug-likeness (QED) is 0.855. The Bertz CT molecular complexity index is 723. The summed E-state index contributed by atoms with van der Waals surface area (Å²) in [5, 5.41) is 2.68. The fourth-order valence-corrected chi connectivity index (χ4v) is 2.05. The summed E-state index contributed by atoms with van der Waals surface area (Å²) in [6.45, 7) is 5.66. The lowest BCUT2D eigenvalue weighted by Crippen LogP contribution is -2.32.